The number of nitrogens with one attached hydrogen (secondary N) is 1. The van der Waals surface area contributed by atoms with Crippen LogP contribution in [-0.2, 0) is 17.8 Å². The fraction of sp³-hybridized carbons (Fsp3) is 0.286. The van der Waals surface area contributed by atoms with E-state index >= 15 is 0 Å². The molecule has 0 fully saturated rings. The number of hydrogen-bond acceptors (Lipinski definition) is 2. The van der Waals surface area contributed by atoms with Gasteiger partial charge in [0.2, 0.25) is 5.91 Å². The highest BCUT2D eigenvalue weighted by Gasteiger charge is 2.14. The Bertz CT molecular complexity index is 875. The molecule has 0 unspecified atom stereocenters. The summed E-state index contributed by atoms with van der Waals surface area (Å²) in [6.45, 7) is 0.750. The maximum absolute atomic E-state index is 12.6. The van der Waals surface area contributed by atoms with Crippen molar-refractivity contribution in [2.45, 2.75) is 25.8 Å². The van der Waals surface area contributed by atoms with Crippen molar-refractivity contribution in [2.24, 2.45) is 0 Å². The molecule has 1 heterocycles. The topological polar surface area (TPSA) is 56.3 Å². The van der Waals surface area contributed by atoms with Gasteiger partial charge in [0.25, 0.3) is 0 Å². The SMILES string of the molecule is O=C(CCCc1c[nH]c2ccccc12)N(CCO)Cc1cccc(Cl)c1. The molecule has 0 saturated carbocycles. The lowest BCUT2D eigenvalue weighted by Crippen LogP contribution is -2.33. The van der Waals surface area contributed by atoms with Crippen molar-refractivity contribution in [3.05, 3.63) is 70.9 Å². The van der Waals surface area contributed by atoms with Gasteiger partial charge in [-0.25, -0.2) is 0 Å². The zero-order chi connectivity index (χ0) is 18.4. The Labute approximate surface area is 158 Å². The number of para-hydroxylation sites is 1. The number of benzene rings is 2. The third kappa shape index (κ3) is 4.65. The number of amides is 1. The van der Waals surface area contributed by atoms with Gasteiger partial charge >= 0.3 is 0 Å². The molecular formula is C21H23ClN2O2. The minimum absolute atomic E-state index is 0.0469. The monoisotopic (exact) mass is 370 g/mol. The molecule has 1 aromatic heterocycles. The molecule has 0 aliphatic rings. The summed E-state index contributed by atoms with van der Waals surface area (Å²) in [5.41, 5.74) is 3.32. The second-order valence-corrected chi connectivity index (χ2v) is 6.82. The first-order chi connectivity index (χ1) is 12.7. The molecule has 2 aromatic carbocycles. The molecule has 0 spiro atoms. The molecule has 0 aliphatic carbocycles. The molecule has 4 nitrogen and oxygen atoms in total. The summed E-state index contributed by atoms with van der Waals surface area (Å²) < 4.78 is 0. The third-order valence-corrected chi connectivity index (χ3v) is 4.73. The van der Waals surface area contributed by atoms with Crippen LogP contribution in [0.4, 0.5) is 0 Å². The van der Waals surface area contributed by atoms with Crippen LogP contribution in [0.25, 0.3) is 10.9 Å². The number of halogens is 1. The molecule has 0 saturated heterocycles. The lowest BCUT2D eigenvalue weighted by molar-refractivity contribution is -0.132. The van der Waals surface area contributed by atoms with Gasteiger partial charge in [0.15, 0.2) is 0 Å². The number of aliphatic hydroxyl groups excluding tert-OH is 1. The maximum atomic E-state index is 12.6. The van der Waals surface area contributed by atoms with Crippen molar-refractivity contribution < 1.29 is 9.90 Å². The Morgan fingerprint density at radius 2 is 2.00 bits per heavy atom. The van der Waals surface area contributed by atoms with E-state index in [0.717, 1.165) is 23.9 Å². The smallest absolute Gasteiger partial charge is 0.222 e. The van der Waals surface area contributed by atoms with E-state index in [1.807, 2.05) is 42.6 Å². The number of fused-ring (bicyclic) bond motifs is 1. The van der Waals surface area contributed by atoms with E-state index < -0.39 is 0 Å². The fourth-order valence-corrected chi connectivity index (χ4v) is 3.41. The zero-order valence-electron chi connectivity index (χ0n) is 14.6. The third-order valence-electron chi connectivity index (χ3n) is 4.50. The predicted octanol–water partition coefficient (Wildman–Crippen LogP) is 4.17. The highest BCUT2D eigenvalue weighted by molar-refractivity contribution is 6.30. The molecule has 0 bridgehead atoms. The van der Waals surface area contributed by atoms with Crippen molar-refractivity contribution in [3.8, 4) is 0 Å². The fourth-order valence-electron chi connectivity index (χ4n) is 3.19. The first kappa shape index (κ1) is 18.5. The lowest BCUT2D eigenvalue weighted by atomic mass is 10.1. The first-order valence-corrected chi connectivity index (χ1v) is 9.23. The van der Waals surface area contributed by atoms with E-state index in [1.54, 1.807) is 4.90 Å². The van der Waals surface area contributed by atoms with Crippen LogP contribution in [0.3, 0.4) is 0 Å². The van der Waals surface area contributed by atoms with Crippen LogP contribution in [0.2, 0.25) is 5.02 Å². The van der Waals surface area contributed by atoms with E-state index in [0.29, 0.717) is 24.5 Å². The minimum Gasteiger partial charge on any atom is -0.395 e. The molecule has 5 heteroatoms. The standard InChI is InChI=1S/C21H23ClN2O2/c22-18-7-3-5-16(13-18)15-24(11-12-25)21(26)10-4-6-17-14-23-20-9-2-1-8-19(17)20/h1-3,5,7-9,13-14,23,25H,4,6,10-12,15H2. The van der Waals surface area contributed by atoms with Crippen LogP contribution in [-0.4, -0.2) is 34.0 Å². The summed E-state index contributed by atoms with van der Waals surface area (Å²) in [4.78, 5) is 17.6. The summed E-state index contributed by atoms with van der Waals surface area (Å²) in [7, 11) is 0. The highest BCUT2D eigenvalue weighted by Crippen LogP contribution is 2.20. The van der Waals surface area contributed by atoms with Crippen LogP contribution in [0.1, 0.15) is 24.0 Å². The largest absolute Gasteiger partial charge is 0.395 e. The molecule has 26 heavy (non-hydrogen) atoms. The molecule has 0 radical (unpaired) electrons. The zero-order valence-corrected chi connectivity index (χ0v) is 15.4. The Morgan fingerprint density at radius 1 is 1.15 bits per heavy atom. The van der Waals surface area contributed by atoms with Crippen LogP contribution in [0.5, 0.6) is 0 Å². The predicted molar refractivity (Wildman–Crippen MR) is 105 cm³/mol. The number of aliphatic hydroxyl groups is 1. The van der Waals surface area contributed by atoms with Gasteiger partial charge < -0.3 is 15.0 Å². The van der Waals surface area contributed by atoms with Gasteiger partial charge in [0.05, 0.1) is 6.61 Å². The molecule has 1 amide bonds. The normalized spacial score (nSPS) is 11.0. The number of rotatable bonds is 8. The summed E-state index contributed by atoms with van der Waals surface area (Å²) in [6.07, 6.45) is 4.10. The molecule has 3 rings (SSSR count). The number of aryl methyl sites for hydroxylation is 1. The van der Waals surface area contributed by atoms with Crippen LogP contribution < -0.4 is 0 Å². The summed E-state index contributed by atoms with van der Waals surface area (Å²) >= 11 is 6.02. The minimum atomic E-state index is -0.0469. The summed E-state index contributed by atoms with van der Waals surface area (Å²) in [5.74, 6) is 0.0545. The Balaban J connectivity index is 1.57. The van der Waals surface area contributed by atoms with Crippen LogP contribution in [0, 0.1) is 0 Å². The van der Waals surface area contributed by atoms with Crippen LogP contribution in [0.15, 0.2) is 54.7 Å². The van der Waals surface area contributed by atoms with Crippen molar-refractivity contribution in [1.82, 2.24) is 9.88 Å². The number of hydrogen-bond donors (Lipinski definition) is 2. The number of aromatic nitrogens is 1. The van der Waals surface area contributed by atoms with Gasteiger partial charge in [-0.3, -0.25) is 4.79 Å². The Morgan fingerprint density at radius 3 is 2.81 bits per heavy atom. The van der Waals surface area contributed by atoms with Crippen molar-refractivity contribution in [3.63, 3.8) is 0 Å². The van der Waals surface area contributed by atoms with E-state index in [4.69, 9.17) is 11.6 Å². The van der Waals surface area contributed by atoms with Crippen molar-refractivity contribution >= 4 is 28.4 Å². The Kier molecular flexibility index (Phi) is 6.31. The maximum Gasteiger partial charge on any atom is 0.222 e. The quantitative estimate of drug-likeness (QED) is 0.625. The van der Waals surface area contributed by atoms with Gasteiger partial charge in [0.1, 0.15) is 0 Å². The second-order valence-electron chi connectivity index (χ2n) is 6.38. The van der Waals surface area contributed by atoms with Crippen molar-refractivity contribution in [1.29, 1.82) is 0 Å². The average molecular weight is 371 g/mol. The number of carbonyl (C=O) groups excluding carboxylic acids is 1. The van der Waals surface area contributed by atoms with Gasteiger partial charge in [-0.2, -0.15) is 0 Å². The summed E-state index contributed by atoms with van der Waals surface area (Å²) in [6, 6.07) is 15.7. The molecule has 136 valence electrons. The summed E-state index contributed by atoms with van der Waals surface area (Å²) in [5, 5.41) is 11.2. The van der Waals surface area contributed by atoms with Crippen LogP contribution >= 0.6 is 11.6 Å². The van der Waals surface area contributed by atoms with E-state index in [9.17, 15) is 9.90 Å². The van der Waals surface area contributed by atoms with Gasteiger partial charge in [-0.1, -0.05) is 41.9 Å². The van der Waals surface area contributed by atoms with E-state index in [-0.39, 0.29) is 12.5 Å². The van der Waals surface area contributed by atoms with Gasteiger partial charge in [-0.15, -0.1) is 0 Å². The number of nitrogens with zero attached hydrogens (tertiary/aromatic N) is 1. The van der Waals surface area contributed by atoms with E-state index in [1.165, 1.54) is 10.9 Å². The highest BCUT2D eigenvalue weighted by atomic mass is 35.5. The second kappa shape index (κ2) is 8.88. The van der Waals surface area contributed by atoms with Gasteiger partial charge in [0, 0.05) is 41.6 Å². The number of carbonyl (C=O) groups is 1. The number of aromatic amines is 1. The van der Waals surface area contributed by atoms with Crippen molar-refractivity contribution in [2.75, 3.05) is 13.2 Å². The molecule has 2 N–H and O–H groups in total. The molecule has 0 atom stereocenters. The average Bonchev–Trinajstić information content (AvgIpc) is 3.05. The molecule has 3 aromatic rings. The molecular weight excluding hydrogens is 348 g/mol. The van der Waals surface area contributed by atoms with E-state index in [2.05, 4.69) is 17.1 Å². The Hall–Kier alpha value is -2.30. The molecule has 0 aliphatic heterocycles. The van der Waals surface area contributed by atoms with Gasteiger partial charge in [-0.05, 0) is 42.2 Å². The first-order valence-electron chi connectivity index (χ1n) is 8.85. The lowest BCUT2D eigenvalue weighted by Gasteiger charge is -2.22. The number of H-pyrrole nitrogens is 1.